The Kier molecular flexibility index (Phi) is 9.08. The van der Waals surface area contributed by atoms with Gasteiger partial charge in [-0.1, -0.05) is 44.2 Å². The van der Waals surface area contributed by atoms with Gasteiger partial charge in [-0.25, -0.2) is 4.79 Å². The summed E-state index contributed by atoms with van der Waals surface area (Å²) in [5.41, 5.74) is 1.05. The fourth-order valence-electron chi connectivity index (χ4n) is 2.07. The SMILES string of the molecule is CCN(Cc1ccccc1)C(=O)COC(=O)C(C)OCCC(C)C. The molecule has 1 aromatic rings. The Morgan fingerprint density at radius 3 is 2.38 bits per heavy atom. The molecule has 1 atom stereocenters. The van der Waals surface area contributed by atoms with Crippen molar-refractivity contribution in [2.75, 3.05) is 19.8 Å². The Bertz CT molecular complexity index is 501. The molecule has 0 aliphatic rings. The molecule has 5 heteroatoms. The van der Waals surface area contributed by atoms with E-state index >= 15 is 0 Å². The minimum atomic E-state index is -0.652. The molecular weight excluding hydrogens is 306 g/mol. The van der Waals surface area contributed by atoms with Crippen molar-refractivity contribution < 1.29 is 19.1 Å². The molecule has 0 aliphatic heterocycles. The van der Waals surface area contributed by atoms with E-state index in [1.54, 1.807) is 11.8 Å². The number of amides is 1. The Morgan fingerprint density at radius 2 is 1.79 bits per heavy atom. The zero-order valence-electron chi connectivity index (χ0n) is 15.2. The van der Waals surface area contributed by atoms with Crippen molar-refractivity contribution in [3.8, 4) is 0 Å². The Hall–Kier alpha value is -1.88. The van der Waals surface area contributed by atoms with E-state index in [1.165, 1.54) is 0 Å². The Morgan fingerprint density at radius 1 is 1.12 bits per heavy atom. The number of hydrogen-bond donors (Lipinski definition) is 0. The fourth-order valence-corrected chi connectivity index (χ4v) is 2.07. The minimum absolute atomic E-state index is 0.205. The maximum atomic E-state index is 12.2. The normalized spacial score (nSPS) is 12.0. The molecule has 24 heavy (non-hydrogen) atoms. The summed E-state index contributed by atoms with van der Waals surface area (Å²) in [6.45, 7) is 9.07. The van der Waals surface area contributed by atoms with Crippen LogP contribution in [0.4, 0.5) is 0 Å². The van der Waals surface area contributed by atoms with Crippen LogP contribution in [0.15, 0.2) is 30.3 Å². The molecule has 1 rings (SSSR count). The first-order chi connectivity index (χ1) is 11.4. The summed E-state index contributed by atoms with van der Waals surface area (Å²) >= 11 is 0. The minimum Gasteiger partial charge on any atom is -0.454 e. The van der Waals surface area contributed by atoms with Gasteiger partial charge in [-0.3, -0.25) is 4.79 Å². The third-order valence-corrected chi connectivity index (χ3v) is 3.68. The monoisotopic (exact) mass is 335 g/mol. The molecule has 5 nitrogen and oxygen atoms in total. The van der Waals surface area contributed by atoms with E-state index in [9.17, 15) is 9.59 Å². The summed E-state index contributed by atoms with van der Waals surface area (Å²) in [6, 6.07) is 9.73. The van der Waals surface area contributed by atoms with E-state index in [2.05, 4.69) is 13.8 Å². The third kappa shape index (κ3) is 7.59. The predicted octanol–water partition coefficient (Wildman–Crippen LogP) is 3.03. The molecule has 0 bridgehead atoms. The van der Waals surface area contributed by atoms with Crippen molar-refractivity contribution in [3.63, 3.8) is 0 Å². The van der Waals surface area contributed by atoms with E-state index in [-0.39, 0.29) is 12.5 Å². The summed E-state index contributed by atoms with van der Waals surface area (Å²) in [5, 5.41) is 0. The van der Waals surface area contributed by atoms with Gasteiger partial charge < -0.3 is 14.4 Å². The molecule has 0 N–H and O–H groups in total. The fraction of sp³-hybridized carbons (Fsp3) is 0.579. The van der Waals surface area contributed by atoms with Crippen LogP contribution in [-0.4, -0.2) is 42.6 Å². The Labute approximate surface area is 144 Å². The zero-order valence-corrected chi connectivity index (χ0v) is 15.2. The van der Waals surface area contributed by atoms with Crippen molar-refractivity contribution >= 4 is 11.9 Å². The summed E-state index contributed by atoms with van der Waals surface area (Å²) in [5.74, 6) is -0.183. The second kappa shape index (κ2) is 10.8. The lowest BCUT2D eigenvalue weighted by Crippen LogP contribution is -2.35. The average Bonchev–Trinajstić information content (AvgIpc) is 2.57. The molecule has 134 valence electrons. The third-order valence-electron chi connectivity index (χ3n) is 3.68. The molecule has 1 unspecified atom stereocenters. The standard InChI is InChI=1S/C19H29NO4/c1-5-20(13-17-9-7-6-8-10-17)18(21)14-24-19(22)16(4)23-12-11-15(2)3/h6-10,15-16H,5,11-14H2,1-4H3. The lowest BCUT2D eigenvalue weighted by atomic mass is 10.1. The molecule has 0 aliphatic carbocycles. The smallest absolute Gasteiger partial charge is 0.335 e. The van der Waals surface area contributed by atoms with Crippen LogP contribution >= 0.6 is 0 Å². The second-order valence-electron chi connectivity index (χ2n) is 6.20. The van der Waals surface area contributed by atoms with E-state index in [1.807, 2.05) is 37.3 Å². The number of ether oxygens (including phenoxy) is 2. The second-order valence-corrected chi connectivity index (χ2v) is 6.20. The number of nitrogens with zero attached hydrogens (tertiary/aromatic N) is 1. The van der Waals surface area contributed by atoms with Crippen LogP contribution in [0, 0.1) is 5.92 Å². The molecule has 1 aromatic carbocycles. The Balaban J connectivity index is 2.38. The van der Waals surface area contributed by atoms with Crippen molar-refractivity contribution in [3.05, 3.63) is 35.9 Å². The molecule has 0 fully saturated rings. The van der Waals surface area contributed by atoms with Gasteiger partial charge in [0.1, 0.15) is 0 Å². The summed E-state index contributed by atoms with van der Waals surface area (Å²) in [7, 11) is 0. The number of likely N-dealkylation sites (N-methyl/N-ethyl adjacent to an activating group) is 1. The van der Waals surface area contributed by atoms with Gasteiger partial charge in [0, 0.05) is 19.7 Å². The lowest BCUT2D eigenvalue weighted by Gasteiger charge is -2.21. The van der Waals surface area contributed by atoms with Crippen molar-refractivity contribution in [2.24, 2.45) is 5.92 Å². The van der Waals surface area contributed by atoms with Gasteiger partial charge in [0.25, 0.3) is 5.91 Å². The maximum absolute atomic E-state index is 12.2. The summed E-state index contributed by atoms with van der Waals surface area (Å²) < 4.78 is 10.5. The van der Waals surface area contributed by atoms with Crippen molar-refractivity contribution in [2.45, 2.75) is 46.8 Å². The lowest BCUT2D eigenvalue weighted by molar-refractivity contribution is -0.161. The highest BCUT2D eigenvalue weighted by atomic mass is 16.6. The highest BCUT2D eigenvalue weighted by molar-refractivity contribution is 5.81. The first kappa shape index (κ1) is 20.2. The first-order valence-corrected chi connectivity index (χ1v) is 8.54. The molecule has 0 radical (unpaired) electrons. The first-order valence-electron chi connectivity index (χ1n) is 8.54. The summed E-state index contributed by atoms with van der Waals surface area (Å²) in [6.07, 6.45) is 0.234. The van der Waals surface area contributed by atoms with Crippen LogP contribution in [-0.2, 0) is 25.6 Å². The van der Waals surface area contributed by atoms with Gasteiger partial charge in [-0.2, -0.15) is 0 Å². The van der Waals surface area contributed by atoms with Gasteiger partial charge in [-0.15, -0.1) is 0 Å². The quantitative estimate of drug-likeness (QED) is 0.617. The van der Waals surface area contributed by atoms with Gasteiger partial charge >= 0.3 is 5.97 Å². The van der Waals surface area contributed by atoms with Crippen LogP contribution in [0.25, 0.3) is 0 Å². The largest absolute Gasteiger partial charge is 0.454 e. The van der Waals surface area contributed by atoms with Crippen molar-refractivity contribution in [1.82, 2.24) is 4.90 Å². The van der Waals surface area contributed by atoms with Gasteiger partial charge in [0.15, 0.2) is 12.7 Å². The number of benzene rings is 1. The number of esters is 1. The molecule has 0 spiro atoms. The maximum Gasteiger partial charge on any atom is 0.335 e. The van der Waals surface area contributed by atoms with Crippen molar-refractivity contribution in [1.29, 1.82) is 0 Å². The molecular formula is C19H29NO4. The molecule has 0 heterocycles. The van der Waals surface area contributed by atoms with Gasteiger partial charge in [0.05, 0.1) is 0 Å². The number of hydrogen-bond acceptors (Lipinski definition) is 4. The topological polar surface area (TPSA) is 55.8 Å². The molecule has 0 saturated carbocycles. The zero-order chi connectivity index (χ0) is 17.9. The number of rotatable bonds is 10. The van der Waals surface area contributed by atoms with Crippen LogP contribution in [0.3, 0.4) is 0 Å². The number of carbonyl (C=O) groups excluding carboxylic acids is 2. The predicted molar refractivity (Wildman–Crippen MR) is 93.4 cm³/mol. The van der Waals surface area contributed by atoms with Crippen LogP contribution < -0.4 is 0 Å². The van der Waals surface area contributed by atoms with E-state index in [4.69, 9.17) is 9.47 Å². The van der Waals surface area contributed by atoms with E-state index in [0.29, 0.717) is 25.6 Å². The van der Waals surface area contributed by atoms with Crippen LogP contribution in [0.1, 0.15) is 39.7 Å². The highest BCUT2D eigenvalue weighted by Crippen LogP contribution is 2.06. The van der Waals surface area contributed by atoms with Gasteiger partial charge in [0.2, 0.25) is 0 Å². The summed E-state index contributed by atoms with van der Waals surface area (Å²) in [4.78, 5) is 25.8. The van der Waals surface area contributed by atoms with Crippen LogP contribution in [0.5, 0.6) is 0 Å². The average molecular weight is 335 g/mol. The van der Waals surface area contributed by atoms with Gasteiger partial charge in [-0.05, 0) is 31.7 Å². The molecule has 0 aromatic heterocycles. The van der Waals surface area contributed by atoms with Crippen LogP contribution in [0.2, 0.25) is 0 Å². The number of carbonyl (C=O) groups is 2. The molecule has 1 amide bonds. The van der Waals surface area contributed by atoms with E-state index < -0.39 is 12.1 Å². The van der Waals surface area contributed by atoms with E-state index in [0.717, 1.165) is 12.0 Å². The molecule has 0 saturated heterocycles. The highest BCUT2D eigenvalue weighted by Gasteiger charge is 2.19.